The molecule has 1 fully saturated rings. The van der Waals surface area contributed by atoms with Crippen LogP contribution in [0.25, 0.3) is 6.08 Å². The summed E-state index contributed by atoms with van der Waals surface area (Å²) in [6, 6.07) is 3.95. The summed E-state index contributed by atoms with van der Waals surface area (Å²) in [6.07, 6.45) is 4.16. The number of aliphatic imine (C=N–C) groups is 1. The molecule has 1 aromatic rings. The van der Waals surface area contributed by atoms with Gasteiger partial charge in [-0.1, -0.05) is 6.07 Å². The van der Waals surface area contributed by atoms with Gasteiger partial charge in [-0.2, -0.15) is 0 Å². The number of carbonyl (C=O) groups is 1. The molecule has 15 heavy (non-hydrogen) atoms. The summed E-state index contributed by atoms with van der Waals surface area (Å²) in [6.45, 7) is 0. The van der Waals surface area contributed by atoms with Crippen LogP contribution >= 0.6 is 11.3 Å². The fourth-order valence-corrected chi connectivity index (χ4v) is 2.20. The van der Waals surface area contributed by atoms with Gasteiger partial charge >= 0.3 is 0 Å². The van der Waals surface area contributed by atoms with E-state index >= 15 is 0 Å². The predicted molar refractivity (Wildman–Crippen MR) is 60.6 cm³/mol. The summed E-state index contributed by atoms with van der Waals surface area (Å²) < 4.78 is 0. The quantitative estimate of drug-likeness (QED) is 0.758. The fraction of sp³-hybridized carbons (Fsp3) is 0.273. The standard InChI is InChI=1S/C11H10N2OS/c14-11-9(6-8-2-1-5-15-8)12-10(13-11)7-3-4-7/h1-2,5-7H,3-4H2,(H,12,13,14)/b9-6+. The third kappa shape index (κ3) is 1.72. The summed E-state index contributed by atoms with van der Waals surface area (Å²) in [4.78, 5) is 17.0. The SMILES string of the molecule is O=C1NC(C2CC2)=N/C1=C/c1cccs1. The maximum atomic E-state index is 11.6. The predicted octanol–water partition coefficient (Wildman–Crippen LogP) is 2.03. The Morgan fingerprint density at radius 3 is 3.07 bits per heavy atom. The Morgan fingerprint density at radius 2 is 2.40 bits per heavy atom. The molecule has 3 nitrogen and oxygen atoms in total. The highest BCUT2D eigenvalue weighted by atomic mass is 32.1. The van der Waals surface area contributed by atoms with Crippen LogP contribution in [-0.4, -0.2) is 11.7 Å². The molecule has 1 amide bonds. The molecular formula is C11H10N2OS. The Kier molecular flexibility index (Phi) is 1.95. The highest BCUT2D eigenvalue weighted by molar-refractivity contribution is 7.10. The van der Waals surface area contributed by atoms with Crippen molar-refractivity contribution in [3.8, 4) is 0 Å². The highest BCUT2D eigenvalue weighted by Gasteiger charge is 2.33. The van der Waals surface area contributed by atoms with Crippen molar-refractivity contribution >= 4 is 29.2 Å². The van der Waals surface area contributed by atoms with Gasteiger partial charge in [0, 0.05) is 10.8 Å². The average molecular weight is 218 g/mol. The lowest BCUT2D eigenvalue weighted by Gasteiger charge is -1.92. The number of thiophene rings is 1. The fourth-order valence-electron chi connectivity index (χ4n) is 1.54. The van der Waals surface area contributed by atoms with Crippen LogP contribution in [0, 0.1) is 5.92 Å². The van der Waals surface area contributed by atoms with E-state index in [1.807, 2.05) is 23.6 Å². The molecule has 1 saturated carbocycles. The van der Waals surface area contributed by atoms with E-state index in [9.17, 15) is 4.79 Å². The second-order valence-corrected chi connectivity index (χ2v) is 4.75. The Balaban J connectivity index is 1.89. The molecule has 2 aliphatic rings. The van der Waals surface area contributed by atoms with E-state index in [0.29, 0.717) is 11.6 Å². The van der Waals surface area contributed by atoms with E-state index < -0.39 is 0 Å². The summed E-state index contributed by atoms with van der Waals surface area (Å²) in [5.41, 5.74) is 0.541. The molecule has 76 valence electrons. The van der Waals surface area contributed by atoms with Gasteiger partial charge in [0.25, 0.3) is 5.91 Å². The van der Waals surface area contributed by atoms with Crippen molar-refractivity contribution in [3.63, 3.8) is 0 Å². The van der Waals surface area contributed by atoms with Crippen molar-refractivity contribution in [2.45, 2.75) is 12.8 Å². The van der Waals surface area contributed by atoms with Gasteiger partial charge in [-0.05, 0) is 30.4 Å². The molecule has 1 aliphatic heterocycles. The monoisotopic (exact) mass is 218 g/mol. The lowest BCUT2D eigenvalue weighted by Crippen LogP contribution is -2.25. The van der Waals surface area contributed by atoms with Crippen molar-refractivity contribution in [1.82, 2.24) is 5.32 Å². The minimum atomic E-state index is -0.0645. The summed E-state index contributed by atoms with van der Waals surface area (Å²) >= 11 is 1.61. The van der Waals surface area contributed by atoms with E-state index in [0.717, 1.165) is 23.6 Å². The Morgan fingerprint density at radius 1 is 1.53 bits per heavy atom. The molecule has 1 aromatic heterocycles. The van der Waals surface area contributed by atoms with Gasteiger partial charge < -0.3 is 5.32 Å². The van der Waals surface area contributed by atoms with Gasteiger partial charge in [0.2, 0.25) is 0 Å². The smallest absolute Gasteiger partial charge is 0.275 e. The van der Waals surface area contributed by atoms with Crippen LogP contribution in [0.15, 0.2) is 28.2 Å². The second kappa shape index (κ2) is 3.31. The molecule has 0 spiro atoms. The van der Waals surface area contributed by atoms with Crippen molar-refractivity contribution in [2.75, 3.05) is 0 Å². The zero-order valence-electron chi connectivity index (χ0n) is 8.06. The van der Waals surface area contributed by atoms with E-state index in [-0.39, 0.29) is 5.91 Å². The Hall–Kier alpha value is -1.42. The van der Waals surface area contributed by atoms with E-state index in [2.05, 4.69) is 10.3 Å². The molecule has 0 bridgehead atoms. The molecule has 3 rings (SSSR count). The first-order valence-electron chi connectivity index (χ1n) is 4.98. The average Bonchev–Trinajstić information content (AvgIpc) is 2.84. The molecule has 1 N–H and O–H groups in total. The molecule has 0 saturated heterocycles. The van der Waals surface area contributed by atoms with Gasteiger partial charge in [-0.15, -0.1) is 11.3 Å². The van der Waals surface area contributed by atoms with Crippen molar-refractivity contribution < 1.29 is 4.79 Å². The van der Waals surface area contributed by atoms with Crippen LogP contribution < -0.4 is 5.32 Å². The number of amides is 1. The molecule has 0 radical (unpaired) electrons. The summed E-state index contributed by atoms with van der Waals surface area (Å²) in [5.74, 6) is 1.30. The van der Waals surface area contributed by atoms with Gasteiger partial charge in [0.15, 0.2) is 0 Å². The molecule has 0 atom stereocenters. The largest absolute Gasteiger partial charge is 0.308 e. The zero-order chi connectivity index (χ0) is 10.3. The van der Waals surface area contributed by atoms with Crippen LogP contribution in [0.1, 0.15) is 17.7 Å². The number of rotatable bonds is 2. The molecule has 1 aliphatic carbocycles. The topological polar surface area (TPSA) is 41.5 Å². The van der Waals surface area contributed by atoms with Gasteiger partial charge in [-0.3, -0.25) is 4.79 Å². The summed E-state index contributed by atoms with van der Waals surface area (Å²) in [5, 5.41) is 4.82. The minimum absolute atomic E-state index is 0.0645. The molecule has 0 aromatic carbocycles. The van der Waals surface area contributed by atoms with Crippen LogP contribution in [0.2, 0.25) is 0 Å². The first-order chi connectivity index (χ1) is 7.33. The van der Waals surface area contributed by atoms with E-state index in [4.69, 9.17) is 0 Å². The maximum Gasteiger partial charge on any atom is 0.275 e. The molecule has 2 heterocycles. The van der Waals surface area contributed by atoms with Crippen LogP contribution in [0.5, 0.6) is 0 Å². The lowest BCUT2D eigenvalue weighted by molar-refractivity contribution is -0.115. The number of hydrogen-bond acceptors (Lipinski definition) is 3. The summed E-state index contributed by atoms with van der Waals surface area (Å²) in [7, 11) is 0. The number of hydrogen-bond donors (Lipinski definition) is 1. The van der Waals surface area contributed by atoms with E-state index in [1.54, 1.807) is 11.3 Å². The zero-order valence-corrected chi connectivity index (χ0v) is 8.88. The van der Waals surface area contributed by atoms with Gasteiger partial charge in [0.1, 0.15) is 11.5 Å². The number of carbonyl (C=O) groups excluding carboxylic acids is 1. The van der Waals surface area contributed by atoms with Crippen molar-refractivity contribution in [3.05, 3.63) is 28.1 Å². The molecule has 0 unspecified atom stereocenters. The molecular weight excluding hydrogens is 208 g/mol. The third-order valence-corrected chi connectivity index (χ3v) is 3.32. The van der Waals surface area contributed by atoms with Crippen molar-refractivity contribution in [1.29, 1.82) is 0 Å². The first-order valence-corrected chi connectivity index (χ1v) is 5.86. The van der Waals surface area contributed by atoms with Gasteiger partial charge in [0.05, 0.1) is 0 Å². The van der Waals surface area contributed by atoms with Crippen LogP contribution in [0.4, 0.5) is 0 Å². The number of amidine groups is 1. The Bertz CT molecular complexity index is 455. The van der Waals surface area contributed by atoms with Crippen LogP contribution in [0.3, 0.4) is 0 Å². The normalized spacial score (nSPS) is 23.1. The number of nitrogens with zero attached hydrogens (tertiary/aromatic N) is 1. The van der Waals surface area contributed by atoms with Crippen molar-refractivity contribution in [2.24, 2.45) is 10.9 Å². The highest BCUT2D eigenvalue weighted by Crippen LogP contribution is 2.32. The lowest BCUT2D eigenvalue weighted by atomic mass is 10.3. The van der Waals surface area contributed by atoms with Gasteiger partial charge in [-0.25, -0.2) is 4.99 Å². The van der Waals surface area contributed by atoms with E-state index in [1.165, 1.54) is 0 Å². The third-order valence-electron chi connectivity index (χ3n) is 2.50. The second-order valence-electron chi connectivity index (χ2n) is 3.77. The molecule has 4 heteroatoms. The minimum Gasteiger partial charge on any atom is -0.308 e. The Labute approximate surface area is 91.5 Å². The number of nitrogens with one attached hydrogen (secondary N) is 1. The first kappa shape index (κ1) is 8.85. The van der Waals surface area contributed by atoms with Crippen LogP contribution in [-0.2, 0) is 4.79 Å². The maximum absolute atomic E-state index is 11.6.